The molecule has 0 atom stereocenters. The third-order valence-electron chi connectivity index (χ3n) is 3.36. The maximum atomic E-state index is 13.6. The van der Waals surface area contributed by atoms with Crippen LogP contribution in [0.15, 0.2) is 12.1 Å². The van der Waals surface area contributed by atoms with Crippen LogP contribution in [0.2, 0.25) is 0 Å². The first kappa shape index (κ1) is 14.2. The number of nitrogens with zero attached hydrogens (tertiary/aromatic N) is 2. The predicted molar refractivity (Wildman–Crippen MR) is 72.3 cm³/mol. The van der Waals surface area contributed by atoms with Gasteiger partial charge >= 0.3 is 0 Å². The number of rotatable bonds is 5. The predicted octanol–water partition coefficient (Wildman–Crippen LogP) is 2.26. The standard InChI is InChI=1S/C13H16FN3O3/c1-15-11-5-9(12(17(19)20)6-10(11)14)13(18)16(2)7-8-3-4-8/h5-6,8,15H,3-4,7H2,1-2H3. The van der Waals surface area contributed by atoms with Crippen molar-refractivity contribution in [2.24, 2.45) is 5.92 Å². The number of nitrogens with one attached hydrogen (secondary N) is 1. The van der Waals surface area contributed by atoms with Gasteiger partial charge in [-0.1, -0.05) is 0 Å². The van der Waals surface area contributed by atoms with Crippen molar-refractivity contribution in [1.29, 1.82) is 0 Å². The van der Waals surface area contributed by atoms with E-state index in [9.17, 15) is 19.3 Å². The number of nitro benzene ring substituents is 1. The maximum absolute atomic E-state index is 13.6. The van der Waals surface area contributed by atoms with Crippen LogP contribution in [0.4, 0.5) is 15.8 Å². The van der Waals surface area contributed by atoms with Gasteiger partial charge in [0.15, 0.2) is 5.82 Å². The monoisotopic (exact) mass is 281 g/mol. The fraction of sp³-hybridized carbons (Fsp3) is 0.462. The smallest absolute Gasteiger partial charge is 0.285 e. The van der Waals surface area contributed by atoms with Crippen molar-refractivity contribution in [2.75, 3.05) is 26.0 Å². The number of hydrogen-bond donors (Lipinski definition) is 1. The number of carbonyl (C=O) groups excluding carboxylic acids is 1. The van der Waals surface area contributed by atoms with Gasteiger partial charge in [0.2, 0.25) is 0 Å². The molecular formula is C13H16FN3O3. The summed E-state index contributed by atoms with van der Waals surface area (Å²) in [6.07, 6.45) is 2.15. The lowest BCUT2D eigenvalue weighted by molar-refractivity contribution is -0.385. The van der Waals surface area contributed by atoms with Gasteiger partial charge in [0.25, 0.3) is 11.6 Å². The Balaban J connectivity index is 2.36. The molecular weight excluding hydrogens is 265 g/mol. The van der Waals surface area contributed by atoms with Gasteiger partial charge < -0.3 is 10.2 Å². The average Bonchev–Trinajstić information content (AvgIpc) is 3.21. The van der Waals surface area contributed by atoms with Crippen molar-refractivity contribution in [3.05, 3.63) is 33.6 Å². The van der Waals surface area contributed by atoms with Crippen LogP contribution in [-0.4, -0.2) is 36.4 Å². The first-order valence-electron chi connectivity index (χ1n) is 6.35. The first-order chi connectivity index (χ1) is 9.43. The van der Waals surface area contributed by atoms with Crippen molar-refractivity contribution in [3.63, 3.8) is 0 Å². The summed E-state index contributed by atoms with van der Waals surface area (Å²) in [6.45, 7) is 0.572. The van der Waals surface area contributed by atoms with Crippen LogP contribution in [0.3, 0.4) is 0 Å². The van der Waals surface area contributed by atoms with Gasteiger partial charge in [0.05, 0.1) is 16.7 Å². The fourth-order valence-electron chi connectivity index (χ4n) is 2.05. The van der Waals surface area contributed by atoms with E-state index in [1.807, 2.05) is 0 Å². The third kappa shape index (κ3) is 2.87. The lowest BCUT2D eigenvalue weighted by atomic mass is 10.1. The quantitative estimate of drug-likeness (QED) is 0.663. The van der Waals surface area contributed by atoms with Crippen LogP contribution < -0.4 is 5.32 Å². The van der Waals surface area contributed by atoms with E-state index in [4.69, 9.17) is 0 Å². The van der Waals surface area contributed by atoms with E-state index in [-0.39, 0.29) is 11.3 Å². The summed E-state index contributed by atoms with van der Waals surface area (Å²) in [5.74, 6) is -0.729. The Morgan fingerprint density at radius 3 is 2.70 bits per heavy atom. The minimum Gasteiger partial charge on any atom is -0.386 e. The molecule has 20 heavy (non-hydrogen) atoms. The van der Waals surface area contributed by atoms with Gasteiger partial charge in [-0.3, -0.25) is 14.9 Å². The van der Waals surface area contributed by atoms with Crippen LogP contribution in [0.5, 0.6) is 0 Å². The van der Waals surface area contributed by atoms with E-state index in [1.54, 1.807) is 7.05 Å². The molecule has 7 heteroatoms. The van der Waals surface area contributed by atoms with Crippen molar-refractivity contribution >= 4 is 17.3 Å². The Bertz CT molecular complexity index is 558. The van der Waals surface area contributed by atoms with Gasteiger partial charge in [0, 0.05) is 20.6 Å². The number of amides is 1. The fourth-order valence-corrected chi connectivity index (χ4v) is 2.05. The van der Waals surface area contributed by atoms with Gasteiger partial charge in [-0.05, 0) is 24.8 Å². The molecule has 0 radical (unpaired) electrons. The molecule has 0 heterocycles. The van der Waals surface area contributed by atoms with Gasteiger partial charge in [-0.2, -0.15) is 0 Å². The Kier molecular flexibility index (Phi) is 3.87. The van der Waals surface area contributed by atoms with E-state index in [0.29, 0.717) is 12.5 Å². The number of hydrogen-bond acceptors (Lipinski definition) is 4. The van der Waals surface area contributed by atoms with Crippen molar-refractivity contribution in [1.82, 2.24) is 4.90 Å². The second-order valence-corrected chi connectivity index (χ2v) is 4.99. The minimum atomic E-state index is -0.749. The molecule has 2 rings (SSSR count). The molecule has 1 amide bonds. The van der Waals surface area contributed by atoms with Gasteiger partial charge in [-0.25, -0.2) is 4.39 Å². The van der Waals surface area contributed by atoms with Crippen LogP contribution in [0.1, 0.15) is 23.2 Å². The average molecular weight is 281 g/mol. The molecule has 1 aromatic carbocycles. The molecule has 0 unspecified atom stereocenters. The number of carbonyl (C=O) groups is 1. The normalized spacial score (nSPS) is 13.9. The number of nitro groups is 1. The molecule has 1 aromatic rings. The zero-order valence-electron chi connectivity index (χ0n) is 11.4. The van der Waals surface area contributed by atoms with E-state index >= 15 is 0 Å². The summed E-state index contributed by atoms with van der Waals surface area (Å²) in [7, 11) is 3.10. The highest BCUT2D eigenvalue weighted by molar-refractivity contribution is 5.99. The van der Waals surface area contributed by atoms with Crippen molar-refractivity contribution < 1.29 is 14.1 Å². The van der Waals surface area contributed by atoms with E-state index in [0.717, 1.165) is 18.9 Å². The third-order valence-corrected chi connectivity index (χ3v) is 3.36. The highest BCUT2D eigenvalue weighted by Gasteiger charge is 2.29. The molecule has 1 aliphatic carbocycles. The summed E-state index contributed by atoms with van der Waals surface area (Å²) < 4.78 is 13.6. The topological polar surface area (TPSA) is 75.5 Å². The van der Waals surface area contributed by atoms with E-state index < -0.39 is 22.3 Å². The number of halogens is 1. The molecule has 108 valence electrons. The zero-order valence-corrected chi connectivity index (χ0v) is 11.4. The van der Waals surface area contributed by atoms with Gasteiger partial charge in [-0.15, -0.1) is 0 Å². The summed E-state index contributed by atoms with van der Waals surface area (Å²) in [5.41, 5.74) is -0.531. The van der Waals surface area contributed by atoms with Crippen LogP contribution in [0, 0.1) is 21.8 Å². The second-order valence-electron chi connectivity index (χ2n) is 4.99. The molecule has 0 aliphatic heterocycles. The molecule has 0 aromatic heterocycles. The SMILES string of the molecule is CNc1cc(C(=O)N(C)CC2CC2)c([N+](=O)[O-])cc1F. The Labute approximate surface area is 115 Å². The summed E-state index contributed by atoms with van der Waals surface area (Å²) in [4.78, 5) is 24.0. The van der Waals surface area contributed by atoms with Crippen molar-refractivity contribution in [2.45, 2.75) is 12.8 Å². The second kappa shape index (κ2) is 5.44. The molecule has 0 spiro atoms. The Morgan fingerprint density at radius 2 is 2.20 bits per heavy atom. The van der Waals surface area contributed by atoms with Crippen LogP contribution in [0.25, 0.3) is 0 Å². The van der Waals surface area contributed by atoms with Crippen LogP contribution >= 0.6 is 0 Å². The highest BCUT2D eigenvalue weighted by atomic mass is 19.1. The molecule has 0 bridgehead atoms. The Morgan fingerprint density at radius 1 is 1.55 bits per heavy atom. The van der Waals surface area contributed by atoms with Crippen LogP contribution in [-0.2, 0) is 0 Å². The first-order valence-corrected chi connectivity index (χ1v) is 6.35. The summed E-state index contributed by atoms with van der Waals surface area (Å²) in [6, 6.07) is 1.98. The molecule has 1 fully saturated rings. The minimum absolute atomic E-state index is 0.0683. The Hall–Kier alpha value is -2.18. The lowest BCUT2D eigenvalue weighted by Gasteiger charge is -2.17. The molecule has 1 saturated carbocycles. The molecule has 1 aliphatic rings. The summed E-state index contributed by atoms with van der Waals surface area (Å²) >= 11 is 0. The molecule has 1 N–H and O–H groups in total. The number of anilines is 1. The lowest BCUT2D eigenvalue weighted by Crippen LogP contribution is -2.29. The molecule has 0 saturated heterocycles. The van der Waals surface area contributed by atoms with E-state index in [2.05, 4.69) is 5.32 Å². The maximum Gasteiger partial charge on any atom is 0.285 e. The van der Waals surface area contributed by atoms with Crippen molar-refractivity contribution in [3.8, 4) is 0 Å². The van der Waals surface area contributed by atoms with E-state index in [1.165, 1.54) is 18.0 Å². The highest BCUT2D eigenvalue weighted by Crippen LogP contribution is 2.31. The van der Waals surface area contributed by atoms with Gasteiger partial charge in [0.1, 0.15) is 5.56 Å². The molecule has 6 nitrogen and oxygen atoms in total. The number of benzene rings is 1. The zero-order chi connectivity index (χ0) is 14.9. The largest absolute Gasteiger partial charge is 0.386 e. The summed E-state index contributed by atoms with van der Waals surface area (Å²) in [5, 5.41) is 13.6.